The number of nitrogens with one attached hydrogen (secondary N) is 1. The lowest BCUT2D eigenvalue weighted by Crippen LogP contribution is -2.16. The van der Waals surface area contributed by atoms with E-state index in [9.17, 15) is 4.39 Å². The molecule has 0 atom stereocenters. The summed E-state index contributed by atoms with van der Waals surface area (Å²) < 4.78 is 24.0. The van der Waals surface area contributed by atoms with E-state index in [-0.39, 0.29) is 5.82 Å². The van der Waals surface area contributed by atoms with Crippen LogP contribution >= 0.6 is 23.2 Å². The van der Waals surface area contributed by atoms with Crippen molar-refractivity contribution in [3.63, 3.8) is 0 Å². The third-order valence-electron chi connectivity index (χ3n) is 3.07. The number of hydrogen-bond acceptors (Lipinski definition) is 3. The molecule has 1 aliphatic rings. The molecule has 21 heavy (non-hydrogen) atoms. The van der Waals surface area contributed by atoms with Crippen molar-refractivity contribution in [3.8, 4) is 11.5 Å². The fraction of sp³-hybridized carbons (Fsp3) is 0.200. The third kappa shape index (κ3) is 3.17. The molecule has 0 amide bonds. The van der Waals surface area contributed by atoms with E-state index in [4.69, 9.17) is 32.7 Å². The minimum Gasteiger partial charge on any atom is -0.486 e. The summed E-state index contributed by atoms with van der Waals surface area (Å²) in [5.74, 6) is 0.843. The van der Waals surface area contributed by atoms with Crippen molar-refractivity contribution in [2.75, 3.05) is 18.5 Å². The van der Waals surface area contributed by atoms with Crippen LogP contribution in [0.2, 0.25) is 10.0 Å². The van der Waals surface area contributed by atoms with Crippen LogP contribution in [0.1, 0.15) is 5.56 Å². The van der Waals surface area contributed by atoms with Gasteiger partial charge in [0.25, 0.3) is 0 Å². The molecule has 6 heteroatoms. The first-order valence-electron chi connectivity index (χ1n) is 6.40. The predicted octanol–water partition coefficient (Wildman–Crippen LogP) is 4.52. The summed E-state index contributed by atoms with van der Waals surface area (Å²) >= 11 is 12.1. The Bertz CT molecular complexity index is 679. The molecule has 0 fully saturated rings. The van der Waals surface area contributed by atoms with Crippen molar-refractivity contribution in [1.82, 2.24) is 0 Å². The van der Waals surface area contributed by atoms with Crippen LogP contribution in [-0.2, 0) is 6.54 Å². The molecular formula is C15H12Cl2FNO2. The number of hydrogen-bond donors (Lipinski definition) is 1. The number of rotatable bonds is 3. The van der Waals surface area contributed by atoms with Gasteiger partial charge in [0.05, 0.1) is 15.7 Å². The molecule has 0 aromatic heterocycles. The number of benzene rings is 2. The van der Waals surface area contributed by atoms with E-state index in [1.54, 1.807) is 12.1 Å². The maximum absolute atomic E-state index is 13.0. The molecule has 1 aliphatic heterocycles. The molecule has 0 saturated carbocycles. The number of fused-ring (bicyclic) bond motifs is 1. The average Bonchev–Trinajstić information content (AvgIpc) is 2.46. The van der Waals surface area contributed by atoms with E-state index < -0.39 is 0 Å². The number of anilines is 1. The van der Waals surface area contributed by atoms with Gasteiger partial charge in [0.1, 0.15) is 19.0 Å². The van der Waals surface area contributed by atoms with Crippen LogP contribution in [0.15, 0.2) is 30.3 Å². The minimum absolute atomic E-state index is 0.332. The lowest BCUT2D eigenvalue weighted by atomic mass is 10.2. The number of ether oxygens (including phenoxy) is 2. The van der Waals surface area contributed by atoms with Gasteiger partial charge in [0.15, 0.2) is 11.5 Å². The molecule has 1 heterocycles. The van der Waals surface area contributed by atoms with Gasteiger partial charge in [-0.15, -0.1) is 0 Å². The summed E-state index contributed by atoms with van der Waals surface area (Å²) in [5, 5.41) is 3.98. The average molecular weight is 328 g/mol. The SMILES string of the molecule is Fc1ccc(NCc2cc(Cl)c3c(c2)OCCO3)c(Cl)c1. The minimum atomic E-state index is -0.368. The van der Waals surface area contributed by atoms with Crippen molar-refractivity contribution >= 4 is 28.9 Å². The van der Waals surface area contributed by atoms with E-state index in [2.05, 4.69) is 5.32 Å². The molecule has 0 spiro atoms. The van der Waals surface area contributed by atoms with E-state index >= 15 is 0 Å². The second-order valence-corrected chi connectivity index (χ2v) is 5.39. The zero-order valence-electron chi connectivity index (χ0n) is 11.0. The van der Waals surface area contributed by atoms with Gasteiger partial charge in [-0.2, -0.15) is 0 Å². The standard InChI is InChI=1S/C15H12Cl2FNO2/c16-11-7-10(18)1-2-13(11)19-8-9-5-12(17)15-14(6-9)20-3-4-21-15/h1-2,5-7,19H,3-4,8H2. The lowest BCUT2D eigenvalue weighted by Gasteiger charge is -2.20. The van der Waals surface area contributed by atoms with Crippen molar-refractivity contribution in [2.24, 2.45) is 0 Å². The summed E-state index contributed by atoms with van der Waals surface area (Å²) in [7, 11) is 0. The molecule has 0 unspecified atom stereocenters. The van der Waals surface area contributed by atoms with E-state index in [1.807, 2.05) is 6.07 Å². The summed E-state index contributed by atoms with van der Waals surface area (Å²) in [6.07, 6.45) is 0. The molecule has 0 bridgehead atoms. The molecular weight excluding hydrogens is 316 g/mol. The van der Waals surface area contributed by atoms with Gasteiger partial charge in [-0.3, -0.25) is 0 Å². The first-order chi connectivity index (χ1) is 10.1. The van der Waals surface area contributed by atoms with E-state index in [0.29, 0.717) is 47.0 Å². The van der Waals surface area contributed by atoms with Crippen LogP contribution in [-0.4, -0.2) is 13.2 Å². The summed E-state index contributed by atoms with van der Waals surface area (Å²) in [4.78, 5) is 0. The zero-order valence-corrected chi connectivity index (χ0v) is 12.5. The maximum atomic E-state index is 13.0. The Morgan fingerprint density at radius 1 is 1.05 bits per heavy atom. The Morgan fingerprint density at radius 2 is 1.86 bits per heavy atom. The van der Waals surface area contributed by atoms with E-state index in [0.717, 1.165) is 5.56 Å². The number of halogens is 3. The fourth-order valence-electron chi connectivity index (χ4n) is 2.10. The molecule has 110 valence electrons. The van der Waals surface area contributed by atoms with Gasteiger partial charge in [-0.25, -0.2) is 4.39 Å². The van der Waals surface area contributed by atoms with Crippen molar-refractivity contribution in [3.05, 3.63) is 51.8 Å². The summed E-state index contributed by atoms with van der Waals surface area (Å²) in [6, 6.07) is 7.88. The molecule has 1 N–H and O–H groups in total. The Balaban J connectivity index is 1.77. The zero-order chi connectivity index (χ0) is 14.8. The summed E-state index contributed by atoms with van der Waals surface area (Å²) in [5.41, 5.74) is 1.58. The Hall–Kier alpha value is -1.65. The van der Waals surface area contributed by atoms with Gasteiger partial charge >= 0.3 is 0 Å². The van der Waals surface area contributed by atoms with Gasteiger partial charge in [0, 0.05) is 6.54 Å². The quantitative estimate of drug-likeness (QED) is 0.899. The highest BCUT2D eigenvalue weighted by Crippen LogP contribution is 2.38. The van der Waals surface area contributed by atoms with Crippen molar-refractivity contribution in [1.29, 1.82) is 0 Å². The Labute approximate surface area is 131 Å². The van der Waals surface area contributed by atoms with Crippen molar-refractivity contribution < 1.29 is 13.9 Å². The van der Waals surface area contributed by atoms with Crippen molar-refractivity contribution in [2.45, 2.75) is 6.54 Å². The maximum Gasteiger partial charge on any atom is 0.179 e. The van der Waals surface area contributed by atoms with Crippen LogP contribution in [0.3, 0.4) is 0 Å². The molecule has 2 aromatic rings. The van der Waals surface area contributed by atoms with Crippen LogP contribution in [0.5, 0.6) is 11.5 Å². The predicted molar refractivity (Wildman–Crippen MR) is 81.2 cm³/mol. The second kappa shape index (κ2) is 6.00. The van der Waals surface area contributed by atoms with Crippen LogP contribution in [0, 0.1) is 5.82 Å². The van der Waals surface area contributed by atoms with Crippen LogP contribution < -0.4 is 14.8 Å². The van der Waals surface area contributed by atoms with Crippen LogP contribution in [0.25, 0.3) is 0 Å². The summed E-state index contributed by atoms with van der Waals surface area (Å²) in [6.45, 7) is 1.49. The second-order valence-electron chi connectivity index (χ2n) is 4.58. The van der Waals surface area contributed by atoms with Gasteiger partial charge in [-0.05, 0) is 35.9 Å². The highest BCUT2D eigenvalue weighted by atomic mass is 35.5. The highest BCUT2D eigenvalue weighted by molar-refractivity contribution is 6.33. The molecule has 0 aliphatic carbocycles. The molecule has 0 saturated heterocycles. The molecule has 3 rings (SSSR count). The highest BCUT2D eigenvalue weighted by Gasteiger charge is 2.16. The Morgan fingerprint density at radius 3 is 2.67 bits per heavy atom. The fourth-order valence-corrected chi connectivity index (χ4v) is 2.62. The molecule has 2 aromatic carbocycles. The lowest BCUT2D eigenvalue weighted by molar-refractivity contribution is 0.171. The topological polar surface area (TPSA) is 30.5 Å². The Kier molecular flexibility index (Phi) is 4.08. The smallest absolute Gasteiger partial charge is 0.179 e. The van der Waals surface area contributed by atoms with Gasteiger partial charge in [-0.1, -0.05) is 23.2 Å². The first kappa shape index (κ1) is 14.3. The van der Waals surface area contributed by atoms with E-state index in [1.165, 1.54) is 12.1 Å². The monoisotopic (exact) mass is 327 g/mol. The third-order valence-corrected chi connectivity index (χ3v) is 3.66. The van der Waals surface area contributed by atoms with Gasteiger partial charge < -0.3 is 14.8 Å². The molecule has 0 radical (unpaired) electrons. The largest absolute Gasteiger partial charge is 0.486 e. The normalized spacial score (nSPS) is 13.1. The van der Waals surface area contributed by atoms with Crippen LogP contribution in [0.4, 0.5) is 10.1 Å². The van der Waals surface area contributed by atoms with Gasteiger partial charge in [0.2, 0.25) is 0 Å². The molecule has 3 nitrogen and oxygen atoms in total. The first-order valence-corrected chi connectivity index (χ1v) is 7.16.